The second-order valence-corrected chi connectivity index (χ2v) is 14.7. The zero-order valence-corrected chi connectivity index (χ0v) is 29.1. The average molecular weight is 678 g/mol. The predicted molar refractivity (Wildman–Crippen MR) is 227 cm³/mol. The molecule has 11 rings (SSSR count). The average Bonchev–Trinajstić information content (AvgIpc) is 3.61. The van der Waals surface area contributed by atoms with E-state index in [4.69, 9.17) is 0 Å². The summed E-state index contributed by atoms with van der Waals surface area (Å²) in [4.78, 5) is 2.49. The number of anilines is 3. The zero-order valence-electron chi connectivity index (χ0n) is 28.3. The lowest BCUT2D eigenvalue weighted by Gasteiger charge is -2.29. The third kappa shape index (κ3) is 4.41. The summed E-state index contributed by atoms with van der Waals surface area (Å²) in [5.41, 5.74) is 5.91. The van der Waals surface area contributed by atoms with Gasteiger partial charge in [0, 0.05) is 42.0 Å². The van der Waals surface area contributed by atoms with Gasteiger partial charge in [0.1, 0.15) is 0 Å². The molecule has 0 aliphatic heterocycles. The lowest BCUT2D eigenvalue weighted by molar-refractivity contribution is 1.32. The molecule has 0 saturated carbocycles. The van der Waals surface area contributed by atoms with Crippen molar-refractivity contribution in [1.29, 1.82) is 0 Å². The van der Waals surface area contributed by atoms with Crippen LogP contribution >= 0.6 is 11.3 Å². The van der Waals surface area contributed by atoms with E-state index in [0.717, 1.165) is 17.1 Å². The Bertz CT molecular complexity index is 3200. The van der Waals surface area contributed by atoms with E-state index in [2.05, 4.69) is 193 Å². The standard InChI is InChI=1S/C50H31NS/c1-2-14-34-30-35(25-24-32(34)12-1)37-28-29-47(41-19-7-5-17-39(37)41)51(46-22-11-15-33-13-3-4-16-38(33)46)36-26-27-42-45(31-36)40-18-6-8-20-43(40)50-49(42)44-21-9-10-23-48(44)52-50/h1-31H. The lowest BCUT2D eigenvalue weighted by Crippen LogP contribution is -2.11. The molecular formula is C50H31NS. The van der Waals surface area contributed by atoms with Crippen molar-refractivity contribution in [2.45, 2.75) is 0 Å². The van der Waals surface area contributed by atoms with Crippen LogP contribution in [0.3, 0.4) is 0 Å². The molecule has 0 aliphatic carbocycles. The van der Waals surface area contributed by atoms with E-state index in [-0.39, 0.29) is 0 Å². The normalized spacial score (nSPS) is 11.8. The van der Waals surface area contributed by atoms with Gasteiger partial charge in [0.25, 0.3) is 0 Å². The van der Waals surface area contributed by atoms with Crippen LogP contribution in [0.2, 0.25) is 0 Å². The van der Waals surface area contributed by atoms with E-state index in [9.17, 15) is 0 Å². The van der Waals surface area contributed by atoms with Crippen molar-refractivity contribution >= 4 is 102 Å². The molecule has 0 aliphatic rings. The SMILES string of the molecule is c1ccc2cc(-c3ccc(N(c4ccc5c(c4)c4ccccc4c4sc6ccccc6c54)c4cccc5ccccc45)c4ccccc34)ccc2c1. The van der Waals surface area contributed by atoms with Gasteiger partial charge in [0.05, 0.1) is 11.4 Å². The van der Waals surface area contributed by atoms with Gasteiger partial charge in [-0.3, -0.25) is 0 Å². The Morgan fingerprint density at radius 1 is 0.346 bits per heavy atom. The monoisotopic (exact) mass is 677 g/mol. The quantitative estimate of drug-likeness (QED) is 0.168. The largest absolute Gasteiger partial charge is 0.309 e. The van der Waals surface area contributed by atoms with Gasteiger partial charge in [-0.2, -0.15) is 0 Å². The fraction of sp³-hybridized carbons (Fsp3) is 0. The first-order valence-electron chi connectivity index (χ1n) is 17.8. The van der Waals surface area contributed by atoms with Crippen LogP contribution in [-0.2, 0) is 0 Å². The summed E-state index contributed by atoms with van der Waals surface area (Å²) in [6.07, 6.45) is 0. The van der Waals surface area contributed by atoms with Gasteiger partial charge in [-0.05, 0) is 85.2 Å². The molecular weight excluding hydrogens is 647 g/mol. The minimum atomic E-state index is 1.14. The summed E-state index contributed by atoms with van der Waals surface area (Å²) in [6.45, 7) is 0. The van der Waals surface area contributed by atoms with Crippen molar-refractivity contribution in [1.82, 2.24) is 0 Å². The van der Waals surface area contributed by atoms with Crippen LogP contribution in [0.25, 0.3) is 85.2 Å². The summed E-state index contributed by atoms with van der Waals surface area (Å²) >= 11 is 1.90. The van der Waals surface area contributed by atoms with E-state index in [1.807, 2.05) is 11.3 Å². The fourth-order valence-corrected chi connectivity index (χ4v) is 9.69. The third-order valence-electron chi connectivity index (χ3n) is 10.8. The Morgan fingerprint density at radius 3 is 1.87 bits per heavy atom. The Balaban J connectivity index is 1.21. The molecule has 0 fully saturated rings. The molecule has 0 saturated heterocycles. The maximum Gasteiger partial charge on any atom is 0.0540 e. The molecule has 0 atom stereocenters. The van der Waals surface area contributed by atoms with Crippen molar-refractivity contribution in [3.63, 3.8) is 0 Å². The zero-order chi connectivity index (χ0) is 34.2. The summed E-state index contributed by atoms with van der Waals surface area (Å²) in [7, 11) is 0. The van der Waals surface area contributed by atoms with Crippen molar-refractivity contribution < 1.29 is 0 Å². The lowest BCUT2D eigenvalue weighted by atomic mass is 9.94. The molecule has 52 heavy (non-hydrogen) atoms. The Labute approximate surface area is 305 Å². The number of fused-ring (bicyclic) bond motifs is 11. The molecule has 0 N–H and O–H groups in total. The highest BCUT2D eigenvalue weighted by molar-refractivity contribution is 7.27. The van der Waals surface area contributed by atoms with Crippen LogP contribution in [0, 0.1) is 0 Å². The number of benzene rings is 10. The third-order valence-corrected chi connectivity index (χ3v) is 12.0. The first kappa shape index (κ1) is 29.3. The molecule has 1 heterocycles. The molecule has 11 aromatic rings. The van der Waals surface area contributed by atoms with Gasteiger partial charge in [0.15, 0.2) is 0 Å². The van der Waals surface area contributed by atoms with E-state index >= 15 is 0 Å². The van der Waals surface area contributed by atoms with E-state index in [1.54, 1.807) is 0 Å². The minimum absolute atomic E-state index is 1.14. The second kappa shape index (κ2) is 11.5. The van der Waals surface area contributed by atoms with Crippen molar-refractivity contribution in [2.24, 2.45) is 0 Å². The maximum absolute atomic E-state index is 2.49. The summed E-state index contributed by atoms with van der Waals surface area (Å²) < 4.78 is 2.69. The molecule has 1 nitrogen and oxygen atoms in total. The number of hydrogen-bond donors (Lipinski definition) is 0. The van der Waals surface area contributed by atoms with Crippen molar-refractivity contribution in [3.8, 4) is 11.1 Å². The Hall–Kier alpha value is -6.48. The number of thiophene rings is 1. The van der Waals surface area contributed by atoms with Gasteiger partial charge in [-0.1, -0.05) is 152 Å². The van der Waals surface area contributed by atoms with Gasteiger partial charge < -0.3 is 4.90 Å². The van der Waals surface area contributed by atoms with Crippen molar-refractivity contribution in [3.05, 3.63) is 188 Å². The highest BCUT2D eigenvalue weighted by Crippen LogP contribution is 2.48. The van der Waals surface area contributed by atoms with Crippen LogP contribution in [0.5, 0.6) is 0 Å². The van der Waals surface area contributed by atoms with Crippen molar-refractivity contribution in [2.75, 3.05) is 4.90 Å². The highest BCUT2D eigenvalue weighted by atomic mass is 32.1. The number of hydrogen-bond acceptors (Lipinski definition) is 2. The van der Waals surface area contributed by atoms with Gasteiger partial charge in [-0.15, -0.1) is 11.3 Å². The molecule has 0 amide bonds. The molecule has 0 spiro atoms. The molecule has 0 unspecified atom stereocenters. The van der Waals surface area contributed by atoms with Crippen LogP contribution in [-0.4, -0.2) is 0 Å². The van der Waals surface area contributed by atoms with Gasteiger partial charge >= 0.3 is 0 Å². The maximum atomic E-state index is 2.49. The van der Waals surface area contributed by atoms with E-state index in [1.165, 1.54) is 85.2 Å². The first-order valence-corrected chi connectivity index (χ1v) is 18.7. The molecule has 2 heteroatoms. The molecule has 10 aromatic carbocycles. The molecule has 0 bridgehead atoms. The second-order valence-electron chi connectivity index (χ2n) is 13.7. The summed E-state index contributed by atoms with van der Waals surface area (Å²) in [5, 5.41) is 15.2. The molecule has 1 aromatic heterocycles. The molecule has 0 radical (unpaired) electrons. The van der Waals surface area contributed by atoms with Crippen LogP contribution in [0.1, 0.15) is 0 Å². The number of nitrogens with zero attached hydrogens (tertiary/aromatic N) is 1. The summed E-state index contributed by atoms with van der Waals surface area (Å²) in [5.74, 6) is 0. The minimum Gasteiger partial charge on any atom is -0.309 e. The van der Waals surface area contributed by atoms with Crippen LogP contribution in [0.15, 0.2) is 188 Å². The number of rotatable bonds is 4. The highest BCUT2D eigenvalue weighted by Gasteiger charge is 2.21. The Kier molecular flexibility index (Phi) is 6.49. The smallest absolute Gasteiger partial charge is 0.0540 e. The van der Waals surface area contributed by atoms with Crippen LogP contribution in [0.4, 0.5) is 17.1 Å². The van der Waals surface area contributed by atoms with E-state index < -0.39 is 0 Å². The summed E-state index contributed by atoms with van der Waals surface area (Å²) in [6, 6.07) is 69.3. The Morgan fingerprint density at radius 2 is 1.00 bits per heavy atom. The van der Waals surface area contributed by atoms with Gasteiger partial charge in [-0.25, -0.2) is 0 Å². The van der Waals surface area contributed by atoms with E-state index in [0.29, 0.717) is 0 Å². The predicted octanol–water partition coefficient (Wildman–Crippen LogP) is 15.0. The van der Waals surface area contributed by atoms with Crippen LogP contribution < -0.4 is 4.90 Å². The molecule has 242 valence electrons. The van der Waals surface area contributed by atoms with Gasteiger partial charge in [0.2, 0.25) is 0 Å². The fourth-order valence-electron chi connectivity index (χ4n) is 8.43. The topological polar surface area (TPSA) is 3.24 Å². The first-order chi connectivity index (χ1) is 25.8.